The van der Waals surface area contributed by atoms with Crippen molar-refractivity contribution in [1.29, 1.82) is 0 Å². The van der Waals surface area contributed by atoms with Gasteiger partial charge in [-0.05, 0) is 22.9 Å². The first-order valence-corrected chi connectivity index (χ1v) is 3.97. The molecule has 1 aromatic rings. The topological polar surface area (TPSA) is 12.9 Å². The fourth-order valence-electron chi connectivity index (χ4n) is 0.346. The fraction of sp³-hybridized carbons (Fsp3) is 0.250. The van der Waals surface area contributed by atoms with Gasteiger partial charge in [-0.25, -0.2) is 4.98 Å². The summed E-state index contributed by atoms with van der Waals surface area (Å²) in [6.07, 6.45) is 0. The van der Waals surface area contributed by atoms with E-state index in [0.29, 0.717) is 4.47 Å². The second-order valence-corrected chi connectivity index (χ2v) is 4.23. The summed E-state index contributed by atoms with van der Waals surface area (Å²) >= 11 is 10.3. The first kappa shape index (κ1) is 6.52. The van der Waals surface area contributed by atoms with Crippen molar-refractivity contribution in [2.45, 2.75) is 6.92 Å². The summed E-state index contributed by atoms with van der Waals surface area (Å²) < 4.78 is 1.61. The highest BCUT2D eigenvalue weighted by atomic mass is 79.9. The van der Waals surface area contributed by atoms with Crippen LogP contribution in [0.5, 0.6) is 0 Å². The minimum atomic E-state index is 0.592. The Morgan fingerprint density at radius 1 is 1.75 bits per heavy atom. The zero-order chi connectivity index (χ0) is 6.15. The predicted molar refractivity (Wildman–Crippen MR) is 39.6 cm³/mol. The molecular formula is C4H3BrClNS. The molecule has 0 fully saturated rings. The van der Waals surface area contributed by atoms with Crippen LogP contribution in [0.3, 0.4) is 0 Å². The molecule has 0 atom stereocenters. The van der Waals surface area contributed by atoms with Gasteiger partial charge in [-0.1, -0.05) is 22.9 Å². The lowest BCUT2D eigenvalue weighted by Crippen LogP contribution is -1.65. The molecule has 0 spiro atoms. The third-order valence-electron chi connectivity index (χ3n) is 0.714. The minimum absolute atomic E-state index is 0.592. The van der Waals surface area contributed by atoms with Gasteiger partial charge in [0, 0.05) is 0 Å². The van der Waals surface area contributed by atoms with Crippen LogP contribution in [-0.4, -0.2) is 4.98 Å². The van der Waals surface area contributed by atoms with Crippen LogP contribution in [0.25, 0.3) is 0 Å². The van der Waals surface area contributed by atoms with E-state index < -0.39 is 0 Å². The number of aromatic nitrogens is 1. The summed E-state index contributed by atoms with van der Waals surface area (Å²) in [4.78, 5) is 3.95. The molecule has 1 aromatic heterocycles. The number of thiazole rings is 1. The predicted octanol–water partition coefficient (Wildman–Crippen LogP) is 2.87. The summed E-state index contributed by atoms with van der Waals surface area (Å²) in [5.41, 5.74) is 0.958. The third kappa shape index (κ3) is 1.21. The van der Waals surface area contributed by atoms with Crippen LogP contribution in [0.15, 0.2) is 3.79 Å². The first-order valence-electron chi connectivity index (χ1n) is 1.98. The molecule has 0 radical (unpaired) electrons. The van der Waals surface area contributed by atoms with Crippen LogP contribution in [0.2, 0.25) is 4.47 Å². The Kier molecular flexibility index (Phi) is 1.90. The standard InChI is InChI=1S/C4H3BrClNS/c1-2-3(5)8-4(6)7-2/h1H3. The highest BCUT2D eigenvalue weighted by molar-refractivity contribution is 9.11. The smallest absolute Gasteiger partial charge is 0.184 e. The van der Waals surface area contributed by atoms with Crippen molar-refractivity contribution in [3.8, 4) is 0 Å². The van der Waals surface area contributed by atoms with Crippen molar-refractivity contribution >= 4 is 38.9 Å². The second-order valence-electron chi connectivity index (χ2n) is 1.33. The quantitative estimate of drug-likeness (QED) is 0.644. The lowest BCUT2D eigenvalue weighted by Gasteiger charge is -1.75. The Hall–Kier alpha value is 0.400. The Balaban J connectivity index is 3.14. The van der Waals surface area contributed by atoms with Crippen molar-refractivity contribution in [2.75, 3.05) is 0 Å². The molecule has 0 aliphatic rings. The van der Waals surface area contributed by atoms with Gasteiger partial charge in [-0.15, -0.1) is 0 Å². The van der Waals surface area contributed by atoms with E-state index in [1.165, 1.54) is 11.3 Å². The van der Waals surface area contributed by atoms with E-state index in [0.717, 1.165) is 9.48 Å². The van der Waals surface area contributed by atoms with Gasteiger partial charge in [0.15, 0.2) is 4.47 Å². The summed E-state index contributed by atoms with van der Waals surface area (Å²) in [5.74, 6) is 0. The molecule has 0 bridgehead atoms. The lowest BCUT2D eigenvalue weighted by atomic mass is 10.6. The molecule has 0 aliphatic carbocycles. The van der Waals surface area contributed by atoms with Crippen molar-refractivity contribution in [3.05, 3.63) is 13.9 Å². The normalized spacial score (nSPS) is 9.88. The number of aryl methyl sites for hydroxylation is 1. The number of nitrogens with zero attached hydrogens (tertiary/aromatic N) is 1. The van der Waals surface area contributed by atoms with Crippen molar-refractivity contribution in [1.82, 2.24) is 4.98 Å². The highest BCUT2D eigenvalue weighted by Gasteiger charge is 1.99. The van der Waals surface area contributed by atoms with Crippen LogP contribution in [-0.2, 0) is 0 Å². The Bertz CT molecular complexity index is 178. The molecule has 0 amide bonds. The van der Waals surface area contributed by atoms with Gasteiger partial charge in [-0.3, -0.25) is 0 Å². The average molecular weight is 212 g/mol. The molecule has 44 valence electrons. The van der Waals surface area contributed by atoms with E-state index in [2.05, 4.69) is 20.9 Å². The molecule has 0 saturated heterocycles. The van der Waals surface area contributed by atoms with E-state index in [9.17, 15) is 0 Å². The Labute approximate surface area is 64.8 Å². The SMILES string of the molecule is Cc1nc(Cl)sc1Br. The van der Waals surface area contributed by atoms with Gasteiger partial charge in [0.05, 0.1) is 9.48 Å². The van der Waals surface area contributed by atoms with E-state index in [1.807, 2.05) is 6.92 Å². The van der Waals surface area contributed by atoms with Crippen LogP contribution in [0.1, 0.15) is 5.69 Å². The van der Waals surface area contributed by atoms with Crippen LogP contribution in [0, 0.1) is 6.92 Å². The Morgan fingerprint density at radius 2 is 2.38 bits per heavy atom. The molecule has 1 nitrogen and oxygen atoms in total. The van der Waals surface area contributed by atoms with Crippen molar-refractivity contribution in [3.63, 3.8) is 0 Å². The number of rotatable bonds is 0. The summed E-state index contributed by atoms with van der Waals surface area (Å²) in [6.45, 7) is 1.91. The van der Waals surface area contributed by atoms with E-state index in [4.69, 9.17) is 11.6 Å². The molecule has 0 aliphatic heterocycles. The first-order chi connectivity index (χ1) is 3.70. The van der Waals surface area contributed by atoms with Crippen LogP contribution < -0.4 is 0 Å². The molecule has 0 aromatic carbocycles. The monoisotopic (exact) mass is 211 g/mol. The van der Waals surface area contributed by atoms with Gasteiger partial charge in [-0.2, -0.15) is 0 Å². The zero-order valence-electron chi connectivity index (χ0n) is 4.11. The maximum Gasteiger partial charge on any atom is 0.184 e. The largest absolute Gasteiger partial charge is 0.229 e. The van der Waals surface area contributed by atoms with Gasteiger partial charge >= 0.3 is 0 Å². The molecule has 0 saturated carbocycles. The van der Waals surface area contributed by atoms with Gasteiger partial charge in [0.2, 0.25) is 0 Å². The van der Waals surface area contributed by atoms with Gasteiger partial charge in [0.1, 0.15) is 0 Å². The maximum atomic E-state index is 5.54. The lowest BCUT2D eigenvalue weighted by molar-refractivity contribution is 1.25. The van der Waals surface area contributed by atoms with Crippen molar-refractivity contribution in [2.24, 2.45) is 0 Å². The summed E-state index contributed by atoms with van der Waals surface area (Å²) in [6, 6.07) is 0. The molecule has 1 heterocycles. The molecule has 0 unspecified atom stereocenters. The zero-order valence-corrected chi connectivity index (χ0v) is 7.27. The molecule has 8 heavy (non-hydrogen) atoms. The molecule has 1 rings (SSSR count). The van der Waals surface area contributed by atoms with Gasteiger partial charge in [0.25, 0.3) is 0 Å². The second kappa shape index (κ2) is 2.33. The number of halogens is 2. The van der Waals surface area contributed by atoms with E-state index in [1.54, 1.807) is 0 Å². The number of hydrogen-bond acceptors (Lipinski definition) is 2. The third-order valence-corrected chi connectivity index (χ3v) is 2.82. The van der Waals surface area contributed by atoms with Crippen molar-refractivity contribution < 1.29 is 0 Å². The highest BCUT2D eigenvalue weighted by Crippen LogP contribution is 2.26. The molecule has 0 N–H and O–H groups in total. The molecule has 4 heteroatoms. The van der Waals surface area contributed by atoms with Gasteiger partial charge < -0.3 is 0 Å². The molecular weight excluding hydrogens is 209 g/mol. The Morgan fingerprint density at radius 3 is 2.50 bits per heavy atom. The minimum Gasteiger partial charge on any atom is -0.229 e. The summed E-state index contributed by atoms with van der Waals surface area (Å²) in [5, 5.41) is 0. The number of hydrogen-bond donors (Lipinski definition) is 0. The maximum absolute atomic E-state index is 5.54. The van der Waals surface area contributed by atoms with E-state index in [-0.39, 0.29) is 0 Å². The van der Waals surface area contributed by atoms with E-state index >= 15 is 0 Å². The summed E-state index contributed by atoms with van der Waals surface area (Å²) in [7, 11) is 0. The average Bonchev–Trinajstić information content (AvgIpc) is 1.85. The van der Waals surface area contributed by atoms with Crippen LogP contribution in [0.4, 0.5) is 0 Å². The van der Waals surface area contributed by atoms with Crippen LogP contribution >= 0.6 is 38.9 Å². The fourth-order valence-corrected chi connectivity index (χ4v) is 2.06.